The smallest absolute Gasteiger partial charge is 0.246 e. The summed E-state index contributed by atoms with van der Waals surface area (Å²) in [6.07, 6.45) is 4.37. The second-order valence-electron chi connectivity index (χ2n) is 29.5. The molecule has 3 fully saturated rings. The number of allylic oxidation sites excluding steroid dienone is 2. The van der Waals surface area contributed by atoms with E-state index in [0.29, 0.717) is 13.1 Å². The van der Waals surface area contributed by atoms with Gasteiger partial charge in [-0.05, 0) is 120 Å². The Balaban J connectivity index is 2.33. The van der Waals surface area contributed by atoms with Crippen molar-refractivity contribution in [2.45, 2.75) is 260 Å². The molecule has 26 heteroatoms. The van der Waals surface area contributed by atoms with Gasteiger partial charge in [0.2, 0.25) is 70.9 Å². The van der Waals surface area contributed by atoms with Crippen LogP contribution in [0.2, 0.25) is 0 Å². The van der Waals surface area contributed by atoms with Gasteiger partial charge in [-0.25, -0.2) is 0 Å². The van der Waals surface area contributed by atoms with Gasteiger partial charge in [-0.15, -0.1) is 0 Å². The molecule has 546 valence electrons. The van der Waals surface area contributed by atoms with E-state index in [-0.39, 0.29) is 80.8 Å². The number of hydrogen-bond acceptors (Lipinski definition) is 14. The number of hydrogen-bond donors (Lipinski definition) is 5. The molecular weight excluding hydrogens is 1230 g/mol. The molecule has 26 nitrogen and oxygen atoms in total. The average molecular weight is 1360 g/mol. The van der Waals surface area contributed by atoms with E-state index in [0.717, 1.165) is 22.6 Å². The van der Waals surface area contributed by atoms with Gasteiger partial charge in [0.25, 0.3) is 0 Å². The highest BCUT2D eigenvalue weighted by Gasteiger charge is 2.47. The summed E-state index contributed by atoms with van der Waals surface area (Å²) < 4.78 is 5.98. The SMILES string of the molecule is C/C=C/C[C@@H](C)[C@@H](O)[C@H]1C(=O)N[C@@H](CC)C(=O)N(C)[C@H](C)C(=O)N(C)[C@@H]([C@H](C)CCC(=O)N2CC3CCC(C2)O3)C(=O)N[C@@H](C(C)C)C(=O)N(C)[C@@H](CC(C)C)C(=O)N[C@@H](C)C(=O)N[C@H](C)C(=O)N(C)[C@@H](CC(C)C)C(=O)N(C)[C@@H](CC(C)C)C(=O)N(C)[C@@H](C(C)C)C(=O)N1C. The number of morpholine rings is 1. The van der Waals surface area contributed by atoms with Gasteiger partial charge in [-0.1, -0.05) is 102 Å². The van der Waals surface area contributed by atoms with E-state index >= 15 is 28.8 Å². The third-order valence-electron chi connectivity index (χ3n) is 19.5. The number of nitrogens with zero attached hydrogens (tertiary/aromatic N) is 8. The fourth-order valence-electron chi connectivity index (χ4n) is 13.3. The number of aliphatic hydroxyl groups is 1. The van der Waals surface area contributed by atoms with Gasteiger partial charge in [-0.2, -0.15) is 0 Å². The average Bonchev–Trinajstić information content (AvgIpc) is 0.905. The number of aliphatic hydroxyl groups excluding tert-OH is 1. The van der Waals surface area contributed by atoms with Crippen LogP contribution in [0.3, 0.4) is 0 Å². The minimum atomic E-state index is -1.65. The Kier molecular flexibility index (Phi) is 32.5. The van der Waals surface area contributed by atoms with Crippen LogP contribution in [0.4, 0.5) is 0 Å². The molecule has 0 saturated carbocycles. The zero-order chi connectivity index (χ0) is 73.4. The Morgan fingerprint density at radius 2 is 0.969 bits per heavy atom. The lowest BCUT2D eigenvalue weighted by Gasteiger charge is -2.41. The Bertz CT molecular complexity index is 2730. The molecule has 16 atom stereocenters. The van der Waals surface area contributed by atoms with E-state index in [1.807, 2.05) is 41.5 Å². The fourth-order valence-corrected chi connectivity index (χ4v) is 13.3. The van der Waals surface area contributed by atoms with Crippen LogP contribution in [0.1, 0.15) is 175 Å². The lowest BCUT2D eigenvalue weighted by Crippen LogP contribution is -2.64. The summed E-state index contributed by atoms with van der Waals surface area (Å²) in [6.45, 7) is 30.1. The molecule has 12 amide bonds. The first-order chi connectivity index (χ1) is 44.6. The van der Waals surface area contributed by atoms with Crippen LogP contribution in [-0.4, -0.2) is 262 Å². The minimum Gasteiger partial charge on any atom is -0.390 e. The first-order valence-electron chi connectivity index (χ1n) is 34.9. The first kappa shape index (κ1) is 83.5. The number of carbonyl (C=O) groups is 12. The van der Waals surface area contributed by atoms with Crippen molar-refractivity contribution in [1.82, 2.24) is 60.5 Å². The lowest BCUT2D eigenvalue weighted by atomic mass is 9.91. The molecule has 96 heavy (non-hydrogen) atoms. The summed E-state index contributed by atoms with van der Waals surface area (Å²) in [5.74, 6) is -11.1. The minimum absolute atomic E-state index is 0.00979. The number of rotatable bonds is 17. The molecule has 5 N–H and O–H groups in total. The van der Waals surface area contributed by atoms with E-state index in [1.54, 1.807) is 72.4 Å². The van der Waals surface area contributed by atoms with Crippen LogP contribution in [0.15, 0.2) is 12.2 Å². The maximum atomic E-state index is 15.3. The molecule has 2 bridgehead atoms. The molecule has 0 aromatic carbocycles. The molecule has 3 saturated heterocycles. The second kappa shape index (κ2) is 37.3. The zero-order valence-electron chi connectivity index (χ0n) is 62.4. The summed E-state index contributed by atoms with van der Waals surface area (Å²) in [7, 11) is 9.86. The van der Waals surface area contributed by atoms with Gasteiger partial charge >= 0.3 is 0 Å². The standard InChI is InChI=1S/C70H122N12O14/c1-25-27-28-44(14)59(84)58-63(88)73-50(26-2)66(91)75(18)47(17)65(90)80(23)57(43(13)29-32-54(83)82-36-48-30-31-49(37-82)96-48)62(87)74-55(41(9)10)69(94)76(19)51(33-38(3)4)61(86)71-45(15)60(85)72-46(16)64(89)77(20)52(34-39(5)6)67(92)78(21)53(35-40(7)8)68(93)79(22)56(42(11)12)70(95)81(58)24/h25,27,38-53,55-59,84H,26,28-37H2,1-24H3,(H,71,86)(H,72,85)(H,73,88)(H,74,87)/b27-25+/t43-,44-,45+,46-,47-,48?,49?,50+,51+,52+,53+,55+,56+,57+,58+,59-/m1/s1. The Labute approximate surface area is 572 Å². The number of likely N-dealkylation sites (N-methyl/N-ethyl adjacent to an activating group) is 7. The summed E-state index contributed by atoms with van der Waals surface area (Å²) in [5, 5.41) is 23.3. The van der Waals surface area contributed by atoms with Crippen molar-refractivity contribution in [2.75, 3.05) is 62.4 Å². The molecule has 0 spiro atoms. The number of nitrogens with one attached hydrogen (secondary N) is 4. The molecule has 3 aliphatic rings. The predicted molar refractivity (Wildman–Crippen MR) is 366 cm³/mol. The third-order valence-corrected chi connectivity index (χ3v) is 19.5. The van der Waals surface area contributed by atoms with E-state index in [1.165, 1.54) is 94.6 Å². The molecule has 0 aromatic heterocycles. The highest BCUT2D eigenvalue weighted by atomic mass is 16.5. The van der Waals surface area contributed by atoms with Crippen molar-refractivity contribution in [3.05, 3.63) is 12.2 Å². The molecule has 2 unspecified atom stereocenters. The van der Waals surface area contributed by atoms with Gasteiger partial charge in [0.05, 0.1) is 18.3 Å². The van der Waals surface area contributed by atoms with Gasteiger partial charge in [0, 0.05) is 68.8 Å². The van der Waals surface area contributed by atoms with Crippen molar-refractivity contribution in [3.8, 4) is 0 Å². The summed E-state index contributed by atoms with van der Waals surface area (Å²) in [6, 6.07) is -14.3. The predicted octanol–water partition coefficient (Wildman–Crippen LogP) is 3.42. The van der Waals surface area contributed by atoms with E-state index in [4.69, 9.17) is 4.74 Å². The number of ether oxygens (including phenoxy) is 1. The Morgan fingerprint density at radius 3 is 1.46 bits per heavy atom. The highest BCUT2D eigenvalue weighted by molar-refractivity contribution is 6.00. The maximum Gasteiger partial charge on any atom is 0.246 e. The topological polar surface area (TPSA) is 308 Å². The number of likely N-dealkylation sites (tertiary alicyclic amines) is 1. The number of fused-ring (bicyclic) bond motifs is 2. The van der Waals surface area contributed by atoms with Crippen molar-refractivity contribution in [1.29, 1.82) is 0 Å². The van der Waals surface area contributed by atoms with Crippen LogP contribution in [-0.2, 0) is 62.3 Å². The second-order valence-corrected chi connectivity index (χ2v) is 29.5. The molecular formula is C70H122N12O14. The van der Waals surface area contributed by atoms with Crippen molar-refractivity contribution in [3.63, 3.8) is 0 Å². The van der Waals surface area contributed by atoms with Crippen LogP contribution in [0.5, 0.6) is 0 Å². The summed E-state index contributed by atoms with van der Waals surface area (Å²) >= 11 is 0. The monoisotopic (exact) mass is 1350 g/mol. The Hall–Kier alpha value is -6.70. The Morgan fingerprint density at radius 1 is 0.510 bits per heavy atom. The number of carbonyl (C=O) groups excluding carboxylic acids is 12. The molecule has 3 aliphatic heterocycles. The quantitative estimate of drug-likeness (QED) is 0.131. The molecule has 0 radical (unpaired) electrons. The maximum absolute atomic E-state index is 15.3. The first-order valence-corrected chi connectivity index (χ1v) is 34.9. The number of amides is 12. The summed E-state index contributed by atoms with van der Waals surface area (Å²) in [5.41, 5.74) is 0. The van der Waals surface area contributed by atoms with E-state index < -0.39 is 161 Å². The molecule has 3 heterocycles. The van der Waals surface area contributed by atoms with Crippen LogP contribution in [0.25, 0.3) is 0 Å². The van der Waals surface area contributed by atoms with Crippen molar-refractivity contribution >= 4 is 70.9 Å². The molecule has 3 rings (SSSR count). The zero-order valence-corrected chi connectivity index (χ0v) is 62.4. The lowest BCUT2D eigenvalue weighted by molar-refractivity contribution is -0.157. The van der Waals surface area contributed by atoms with Gasteiger partial charge in [0.1, 0.15) is 66.5 Å². The van der Waals surface area contributed by atoms with Crippen molar-refractivity contribution in [2.24, 2.45) is 41.4 Å². The van der Waals surface area contributed by atoms with Crippen LogP contribution < -0.4 is 21.3 Å². The van der Waals surface area contributed by atoms with Crippen LogP contribution >= 0.6 is 0 Å². The summed E-state index contributed by atoms with van der Waals surface area (Å²) in [4.78, 5) is 188. The van der Waals surface area contributed by atoms with Crippen molar-refractivity contribution < 1.29 is 67.4 Å². The molecule has 0 aliphatic carbocycles. The highest BCUT2D eigenvalue weighted by Crippen LogP contribution is 2.30. The normalized spacial score (nSPS) is 29.2. The van der Waals surface area contributed by atoms with Crippen LogP contribution in [0, 0.1) is 41.4 Å². The van der Waals surface area contributed by atoms with Gasteiger partial charge in [-0.3, -0.25) is 57.5 Å². The largest absolute Gasteiger partial charge is 0.390 e. The third kappa shape index (κ3) is 21.6. The fraction of sp³-hybridized carbons (Fsp3) is 0.800. The van der Waals surface area contributed by atoms with Gasteiger partial charge < -0.3 is 70.3 Å². The molecule has 0 aromatic rings. The van der Waals surface area contributed by atoms with Gasteiger partial charge in [0.15, 0.2) is 0 Å². The van der Waals surface area contributed by atoms with E-state index in [2.05, 4.69) is 21.3 Å². The van der Waals surface area contributed by atoms with E-state index in [9.17, 15) is 33.9 Å².